The maximum atomic E-state index is 3.52. The van der Waals surface area contributed by atoms with Crippen LogP contribution in [-0.2, 0) is 0 Å². The van der Waals surface area contributed by atoms with Crippen LogP contribution < -0.4 is 5.32 Å². The Labute approximate surface area is 90.7 Å². The van der Waals surface area contributed by atoms with E-state index in [1.54, 1.807) is 0 Å². The Hall–Kier alpha value is -0.0400. The summed E-state index contributed by atoms with van der Waals surface area (Å²) in [6, 6.07) is 0. The van der Waals surface area contributed by atoms with E-state index >= 15 is 0 Å². The standard InChI is InChI=1S/C13H29N/c1-5-10-14-11-13(6-2)9-7-8-12(3)4/h12-14H,5-11H2,1-4H3. The van der Waals surface area contributed by atoms with Crippen LogP contribution in [0.15, 0.2) is 0 Å². The fourth-order valence-electron chi connectivity index (χ4n) is 1.75. The summed E-state index contributed by atoms with van der Waals surface area (Å²) in [4.78, 5) is 0. The second-order valence-corrected chi connectivity index (χ2v) is 4.80. The maximum absolute atomic E-state index is 3.52. The van der Waals surface area contributed by atoms with Crippen LogP contribution in [0.4, 0.5) is 0 Å². The lowest BCUT2D eigenvalue weighted by Gasteiger charge is -2.15. The van der Waals surface area contributed by atoms with E-state index in [0.717, 1.165) is 11.8 Å². The van der Waals surface area contributed by atoms with E-state index < -0.39 is 0 Å². The summed E-state index contributed by atoms with van der Waals surface area (Å²) in [6.07, 6.45) is 6.79. The second kappa shape index (κ2) is 9.51. The summed E-state index contributed by atoms with van der Waals surface area (Å²) in [5.74, 6) is 1.77. The van der Waals surface area contributed by atoms with Crippen LogP contribution in [0.5, 0.6) is 0 Å². The van der Waals surface area contributed by atoms with Gasteiger partial charge in [-0.05, 0) is 37.8 Å². The molecule has 86 valence electrons. The van der Waals surface area contributed by atoms with Gasteiger partial charge in [-0.2, -0.15) is 0 Å². The molecule has 0 heterocycles. The van der Waals surface area contributed by atoms with Gasteiger partial charge in [-0.1, -0.05) is 47.0 Å². The van der Waals surface area contributed by atoms with Gasteiger partial charge in [0.15, 0.2) is 0 Å². The van der Waals surface area contributed by atoms with Crippen LogP contribution in [0.3, 0.4) is 0 Å². The molecule has 0 fully saturated rings. The smallest absolute Gasteiger partial charge is 0.00206 e. The monoisotopic (exact) mass is 199 g/mol. The van der Waals surface area contributed by atoms with Gasteiger partial charge < -0.3 is 5.32 Å². The molecule has 0 rings (SSSR count). The Bertz CT molecular complexity index is 110. The molecule has 0 aliphatic rings. The summed E-state index contributed by atoms with van der Waals surface area (Å²) in [5, 5.41) is 3.52. The molecule has 0 aromatic carbocycles. The molecule has 1 N–H and O–H groups in total. The molecule has 0 saturated heterocycles. The Balaban J connectivity index is 3.38. The molecule has 1 heteroatoms. The van der Waals surface area contributed by atoms with E-state index in [1.165, 1.54) is 45.2 Å². The largest absolute Gasteiger partial charge is 0.316 e. The van der Waals surface area contributed by atoms with E-state index in [0.29, 0.717) is 0 Å². The molecule has 0 aliphatic carbocycles. The SMILES string of the molecule is CCCNCC(CC)CCCC(C)C. The van der Waals surface area contributed by atoms with Crippen molar-refractivity contribution in [1.29, 1.82) is 0 Å². The normalized spacial score (nSPS) is 13.5. The van der Waals surface area contributed by atoms with E-state index in [-0.39, 0.29) is 0 Å². The van der Waals surface area contributed by atoms with Crippen LogP contribution in [0.25, 0.3) is 0 Å². The Morgan fingerprint density at radius 3 is 2.29 bits per heavy atom. The highest BCUT2D eigenvalue weighted by atomic mass is 14.8. The first-order valence-corrected chi connectivity index (χ1v) is 6.41. The predicted octanol–water partition coefficient (Wildman–Crippen LogP) is 3.84. The van der Waals surface area contributed by atoms with Crippen molar-refractivity contribution in [3.05, 3.63) is 0 Å². The quantitative estimate of drug-likeness (QED) is 0.556. The molecule has 1 nitrogen and oxygen atoms in total. The fraction of sp³-hybridized carbons (Fsp3) is 1.00. The Kier molecular flexibility index (Phi) is 9.49. The van der Waals surface area contributed by atoms with E-state index in [1.807, 2.05) is 0 Å². The third kappa shape index (κ3) is 8.55. The number of rotatable bonds is 9. The van der Waals surface area contributed by atoms with Crippen molar-refractivity contribution in [3.63, 3.8) is 0 Å². The van der Waals surface area contributed by atoms with Crippen molar-refractivity contribution in [2.45, 2.75) is 59.8 Å². The number of hydrogen-bond donors (Lipinski definition) is 1. The van der Waals surface area contributed by atoms with Crippen molar-refractivity contribution in [2.75, 3.05) is 13.1 Å². The molecule has 0 saturated carbocycles. The summed E-state index contributed by atoms with van der Waals surface area (Å²) in [6.45, 7) is 11.6. The summed E-state index contributed by atoms with van der Waals surface area (Å²) in [5.41, 5.74) is 0. The van der Waals surface area contributed by atoms with Crippen LogP contribution in [0.1, 0.15) is 59.8 Å². The average Bonchev–Trinajstić information content (AvgIpc) is 2.15. The molecule has 0 aromatic heterocycles. The zero-order valence-corrected chi connectivity index (χ0v) is 10.6. The van der Waals surface area contributed by atoms with Crippen molar-refractivity contribution in [3.8, 4) is 0 Å². The molecule has 0 radical (unpaired) electrons. The zero-order chi connectivity index (χ0) is 10.8. The second-order valence-electron chi connectivity index (χ2n) is 4.80. The molecule has 0 aliphatic heterocycles. The van der Waals surface area contributed by atoms with Gasteiger partial charge in [-0.15, -0.1) is 0 Å². The highest BCUT2D eigenvalue weighted by Gasteiger charge is 2.05. The highest BCUT2D eigenvalue weighted by Crippen LogP contribution is 2.14. The lowest BCUT2D eigenvalue weighted by atomic mass is 9.96. The van der Waals surface area contributed by atoms with Crippen molar-refractivity contribution >= 4 is 0 Å². The molecular formula is C13H29N. The first kappa shape index (κ1) is 14.0. The van der Waals surface area contributed by atoms with Gasteiger partial charge in [0, 0.05) is 0 Å². The van der Waals surface area contributed by atoms with E-state index in [2.05, 4.69) is 33.0 Å². The molecule has 1 unspecified atom stereocenters. The lowest BCUT2D eigenvalue weighted by molar-refractivity contribution is 0.400. The molecule has 0 bridgehead atoms. The third-order valence-electron chi connectivity index (χ3n) is 2.83. The predicted molar refractivity (Wildman–Crippen MR) is 65.6 cm³/mol. The van der Waals surface area contributed by atoms with Crippen molar-refractivity contribution < 1.29 is 0 Å². The minimum absolute atomic E-state index is 0.871. The number of hydrogen-bond acceptors (Lipinski definition) is 1. The van der Waals surface area contributed by atoms with Crippen LogP contribution in [0, 0.1) is 11.8 Å². The van der Waals surface area contributed by atoms with Crippen molar-refractivity contribution in [1.82, 2.24) is 5.32 Å². The topological polar surface area (TPSA) is 12.0 Å². The van der Waals surface area contributed by atoms with Crippen LogP contribution in [0.2, 0.25) is 0 Å². The summed E-state index contributed by atoms with van der Waals surface area (Å²) < 4.78 is 0. The summed E-state index contributed by atoms with van der Waals surface area (Å²) in [7, 11) is 0. The minimum atomic E-state index is 0.871. The Morgan fingerprint density at radius 1 is 1.07 bits per heavy atom. The first-order valence-electron chi connectivity index (χ1n) is 6.41. The highest BCUT2D eigenvalue weighted by molar-refractivity contribution is 4.61. The fourth-order valence-corrected chi connectivity index (χ4v) is 1.75. The van der Waals surface area contributed by atoms with Gasteiger partial charge in [-0.25, -0.2) is 0 Å². The lowest BCUT2D eigenvalue weighted by Crippen LogP contribution is -2.23. The van der Waals surface area contributed by atoms with Gasteiger partial charge in [-0.3, -0.25) is 0 Å². The van der Waals surface area contributed by atoms with Gasteiger partial charge in [0.1, 0.15) is 0 Å². The van der Waals surface area contributed by atoms with Crippen LogP contribution >= 0.6 is 0 Å². The zero-order valence-electron chi connectivity index (χ0n) is 10.6. The van der Waals surface area contributed by atoms with Crippen molar-refractivity contribution in [2.24, 2.45) is 11.8 Å². The molecule has 1 atom stereocenters. The molecular weight excluding hydrogens is 170 g/mol. The summed E-state index contributed by atoms with van der Waals surface area (Å²) >= 11 is 0. The molecule has 0 spiro atoms. The van der Waals surface area contributed by atoms with Gasteiger partial charge >= 0.3 is 0 Å². The van der Waals surface area contributed by atoms with Gasteiger partial charge in [0.05, 0.1) is 0 Å². The molecule has 14 heavy (non-hydrogen) atoms. The maximum Gasteiger partial charge on any atom is -0.00206 e. The first-order chi connectivity index (χ1) is 6.70. The molecule has 0 aromatic rings. The molecule has 0 amide bonds. The average molecular weight is 199 g/mol. The minimum Gasteiger partial charge on any atom is -0.316 e. The Morgan fingerprint density at radius 2 is 1.79 bits per heavy atom. The van der Waals surface area contributed by atoms with Gasteiger partial charge in [0.2, 0.25) is 0 Å². The number of nitrogens with one attached hydrogen (secondary N) is 1. The van der Waals surface area contributed by atoms with E-state index in [4.69, 9.17) is 0 Å². The van der Waals surface area contributed by atoms with Crippen LogP contribution in [-0.4, -0.2) is 13.1 Å². The van der Waals surface area contributed by atoms with E-state index in [9.17, 15) is 0 Å². The third-order valence-corrected chi connectivity index (χ3v) is 2.83. The van der Waals surface area contributed by atoms with Gasteiger partial charge in [0.25, 0.3) is 0 Å².